The van der Waals surface area contributed by atoms with Crippen molar-refractivity contribution in [2.24, 2.45) is 0 Å². The predicted molar refractivity (Wildman–Crippen MR) is 173 cm³/mol. The van der Waals surface area contributed by atoms with Gasteiger partial charge in [-0.1, -0.05) is 100 Å². The average Bonchev–Trinajstić information content (AvgIpc) is 3.40. The van der Waals surface area contributed by atoms with Crippen molar-refractivity contribution in [3.05, 3.63) is 156 Å². The molecule has 0 unspecified atom stereocenters. The fourth-order valence-electron chi connectivity index (χ4n) is 3.31. The van der Waals surface area contributed by atoms with Gasteiger partial charge in [-0.15, -0.1) is 76.9 Å². The first kappa shape index (κ1) is 37.4. The third kappa shape index (κ3) is 13.7. The van der Waals surface area contributed by atoms with Gasteiger partial charge in [-0.25, -0.2) is 0 Å². The van der Waals surface area contributed by atoms with Crippen molar-refractivity contribution in [2.75, 3.05) is 0 Å². The van der Waals surface area contributed by atoms with E-state index < -0.39 is 0 Å². The largest absolute Gasteiger partial charge is 0.673 e. The number of allylic oxidation sites excluding steroid dienone is 4. The van der Waals surface area contributed by atoms with Crippen molar-refractivity contribution in [3.8, 4) is 0 Å². The Kier molecular flexibility index (Phi) is 18.2. The second-order valence-electron chi connectivity index (χ2n) is 9.24. The monoisotopic (exact) mass is 552 g/mol. The van der Waals surface area contributed by atoms with Gasteiger partial charge in [0.2, 0.25) is 0 Å². The van der Waals surface area contributed by atoms with Gasteiger partial charge in [0.15, 0.2) is 0 Å². The third-order valence-electron chi connectivity index (χ3n) is 4.72. The Bertz CT molecular complexity index is 1270. The first-order valence-electron chi connectivity index (χ1n) is 11.5. The van der Waals surface area contributed by atoms with Crippen molar-refractivity contribution in [3.63, 3.8) is 0 Å². The van der Waals surface area contributed by atoms with Gasteiger partial charge in [0, 0.05) is 21.7 Å². The van der Waals surface area contributed by atoms with Gasteiger partial charge in [0.25, 0.3) is 0 Å². The topological polar surface area (TPSA) is 23.8 Å². The maximum absolute atomic E-state index is 6.94. The van der Waals surface area contributed by atoms with Crippen LogP contribution >= 0.6 is 0 Å². The van der Waals surface area contributed by atoms with Crippen LogP contribution in [0.4, 0.5) is 0 Å². The van der Waals surface area contributed by atoms with Crippen LogP contribution in [0.1, 0.15) is 49.9 Å². The van der Waals surface area contributed by atoms with E-state index >= 15 is 0 Å². The van der Waals surface area contributed by atoms with Crippen LogP contribution in [0.2, 0.25) is 0 Å². The molecule has 0 atom stereocenters. The Morgan fingerprint density at radius 3 is 2.05 bits per heavy atom. The molecule has 3 heteroatoms. The molecule has 38 heavy (non-hydrogen) atoms. The first-order chi connectivity index (χ1) is 16.3. The normalized spacial score (nSPS) is 11.8. The minimum atomic E-state index is -0.250. The summed E-state index contributed by atoms with van der Waals surface area (Å²) < 4.78 is 0. The van der Waals surface area contributed by atoms with E-state index in [4.69, 9.17) is 5.73 Å². The molecule has 0 aliphatic heterocycles. The molecule has 0 radical (unpaired) electrons. The maximum atomic E-state index is 6.94. The Morgan fingerprint density at radius 1 is 0.868 bits per heavy atom. The molecule has 2 aliphatic carbocycles. The molecule has 1 nitrogen and oxygen atoms in total. The van der Waals surface area contributed by atoms with Gasteiger partial charge < -0.3 is 20.6 Å². The van der Waals surface area contributed by atoms with Crippen LogP contribution in [0.5, 0.6) is 0 Å². The Balaban J connectivity index is 0. The van der Waals surface area contributed by atoms with Crippen LogP contribution < -0.4 is 10.4 Å². The van der Waals surface area contributed by atoms with E-state index in [0.717, 1.165) is 5.56 Å². The van der Waals surface area contributed by atoms with E-state index in [1.807, 2.05) is 81.5 Å². The molecule has 5 rings (SSSR count). The predicted octanol–water partition coefficient (Wildman–Crippen LogP) is 6.96. The average molecular weight is 553 g/mol. The summed E-state index contributed by atoms with van der Waals surface area (Å²) in [5.74, 6) is 0. The summed E-state index contributed by atoms with van der Waals surface area (Å²) in [7, 11) is 0. The van der Waals surface area contributed by atoms with Crippen molar-refractivity contribution in [2.45, 2.75) is 33.2 Å². The van der Waals surface area contributed by atoms with Crippen LogP contribution in [-0.2, 0) is 21.7 Å². The third-order valence-corrected chi connectivity index (χ3v) is 4.72. The zero-order valence-corrected chi connectivity index (χ0v) is 24.5. The molecule has 0 fully saturated rings. The Labute approximate surface area is 251 Å². The second kappa shape index (κ2) is 18.5. The number of nitrogens with one attached hydrogen (secondary N) is 1. The van der Waals surface area contributed by atoms with Gasteiger partial charge in [-0.2, -0.15) is 11.3 Å². The molecule has 0 aromatic heterocycles. The fourth-order valence-corrected chi connectivity index (χ4v) is 3.31. The van der Waals surface area contributed by atoms with E-state index in [1.54, 1.807) is 0 Å². The molecule has 0 saturated heterocycles. The molecular formula is C35H42NSiTi-5. The van der Waals surface area contributed by atoms with Gasteiger partial charge in [0.05, 0.1) is 0 Å². The fraction of sp³-hybridized carbons (Fsp3) is 0.143. The molecule has 0 saturated carbocycles. The van der Waals surface area contributed by atoms with Crippen molar-refractivity contribution >= 4 is 41.3 Å². The molecule has 200 valence electrons. The standard InChI is InChI=1S/C16H13.C13H9.C4H10N.2CH3.H4Si.Ti/c1-3-9-15(10-4-1)13-7-8-14-16-11-5-2-6-12-16;1-9-5-12-7-10-3-2-4-11(10)8-13(12)6-9;1-4(2,3)5;;;;/h1-13H;2-5,7-8H,1H3;5H,1-3H3;2*1H3;1H4;/q5*-1;;. The molecule has 0 spiro atoms. The molecule has 1 N–H and O–H groups in total. The quantitative estimate of drug-likeness (QED) is 0.191. The zero-order valence-electron chi connectivity index (χ0n) is 23.0. The van der Waals surface area contributed by atoms with Crippen LogP contribution in [0.25, 0.3) is 36.1 Å². The molecule has 3 aromatic rings. The van der Waals surface area contributed by atoms with Crippen molar-refractivity contribution in [1.82, 2.24) is 0 Å². The van der Waals surface area contributed by atoms with Gasteiger partial charge >= 0.3 is 0 Å². The van der Waals surface area contributed by atoms with Gasteiger partial charge in [0.1, 0.15) is 0 Å². The first-order valence-corrected chi connectivity index (χ1v) is 11.5. The minimum Gasteiger partial charge on any atom is -0.673 e. The Hall–Kier alpha value is -2.75. The van der Waals surface area contributed by atoms with Crippen LogP contribution in [0.3, 0.4) is 0 Å². The van der Waals surface area contributed by atoms with Gasteiger partial charge in [-0.3, -0.25) is 0 Å². The Morgan fingerprint density at radius 2 is 1.45 bits per heavy atom. The minimum absolute atomic E-state index is 0. The summed E-state index contributed by atoms with van der Waals surface area (Å²) in [6, 6.07) is 24.8. The van der Waals surface area contributed by atoms with Crippen LogP contribution in [0, 0.1) is 20.9 Å². The molecule has 0 bridgehead atoms. The summed E-state index contributed by atoms with van der Waals surface area (Å²) >= 11 is 0. The summed E-state index contributed by atoms with van der Waals surface area (Å²) in [4.78, 5) is 0. The smallest absolute Gasteiger partial charge is 0 e. The summed E-state index contributed by atoms with van der Waals surface area (Å²) in [6.45, 7) is 7.65. The van der Waals surface area contributed by atoms with E-state index in [1.165, 1.54) is 32.7 Å². The molecular weight excluding hydrogens is 510 g/mol. The summed E-state index contributed by atoms with van der Waals surface area (Å²) in [5, 5.41) is 2.56. The SMILES string of the molecule is CC(C)(C)[NH-].CC1=Cc2cc3c(cc2=[C-]1)C=CC=3.[C-](=CC=Cc1ccccc1)c1ccccc1.[CH3-].[CH3-].[SiH4].[Ti]. The van der Waals surface area contributed by atoms with Crippen molar-refractivity contribution in [1.29, 1.82) is 0 Å². The van der Waals surface area contributed by atoms with E-state index in [-0.39, 0.29) is 53.1 Å². The number of benzene rings is 3. The van der Waals surface area contributed by atoms with E-state index in [9.17, 15) is 0 Å². The number of hydrogen-bond donors (Lipinski definition) is 0. The van der Waals surface area contributed by atoms with Crippen molar-refractivity contribution < 1.29 is 21.7 Å². The van der Waals surface area contributed by atoms with E-state index in [0.29, 0.717) is 0 Å². The van der Waals surface area contributed by atoms with E-state index in [2.05, 4.69) is 73.7 Å². The van der Waals surface area contributed by atoms with Crippen LogP contribution in [-0.4, -0.2) is 16.5 Å². The zero-order chi connectivity index (χ0) is 24.4. The number of fused-ring (bicyclic) bond motifs is 2. The summed E-state index contributed by atoms with van der Waals surface area (Å²) in [5.41, 5.74) is 12.8. The molecule has 0 amide bonds. The second-order valence-corrected chi connectivity index (χ2v) is 9.24. The molecule has 0 heterocycles. The number of rotatable bonds is 3. The van der Waals surface area contributed by atoms with Gasteiger partial charge in [-0.05, 0) is 21.7 Å². The molecule has 3 aromatic carbocycles. The molecule has 2 aliphatic rings. The summed E-state index contributed by atoms with van der Waals surface area (Å²) in [6.07, 6.45) is 21.1. The number of hydrogen-bond acceptors (Lipinski definition) is 0. The van der Waals surface area contributed by atoms with Crippen LogP contribution in [0.15, 0.2) is 96.6 Å². The maximum Gasteiger partial charge on any atom is 0 e.